The second kappa shape index (κ2) is 7.97. The number of halogens is 1. The number of likely N-dealkylation sites (tertiary alicyclic amines) is 1. The normalized spacial score (nSPS) is 18.7. The first kappa shape index (κ1) is 18.0. The molecule has 0 aromatic carbocycles. The van der Waals surface area contributed by atoms with Crippen LogP contribution >= 0.6 is 23.7 Å². The van der Waals surface area contributed by atoms with Gasteiger partial charge >= 0.3 is 0 Å². The van der Waals surface area contributed by atoms with Crippen LogP contribution in [0, 0.1) is 0 Å². The molecule has 1 aliphatic heterocycles. The van der Waals surface area contributed by atoms with Crippen molar-refractivity contribution >= 4 is 29.7 Å². The van der Waals surface area contributed by atoms with E-state index in [1.165, 1.54) is 6.26 Å². The average molecular weight is 357 g/mol. The SMILES string of the molecule is Cl.NCc1cc(C(=O)N2CCCC2CC(O)c2cccs2)co1. The van der Waals surface area contributed by atoms with E-state index in [1.807, 2.05) is 22.4 Å². The molecular weight excluding hydrogens is 336 g/mol. The molecule has 2 atom stereocenters. The lowest BCUT2D eigenvalue weighted by molar-refractivity contribution is 0.0669. The van der Waals surface area contributed by atoms with Crippen molar-refractivity contribution < 1.29 is 14.3 Å². The molecule has 2 aromatic heterocycles. The quantitative estimate of drug-likeness (QED) is 0.863. The van der Waals surface area contributed by atoms with Crippen molar-refractivity contribution in [2.75, 3.05) is 6.54 Å². The van der Waals surface area contributed by atoms with Gasteiger partial charge in [-0.15, -0.1) is 23.7 Å². The highest BCUT2D eigenvalue weighted by molar-refractivity contribution is 7.10. The zero-order valence-electron chi connectivity index (χ0n) is 12.7. The van der Waals surface area contributed by atoms with Crippen molar-refractivity contribution in [3.05, 3.63) is 46.0 Å². The number of thiophene rings is 1. The maximum absolute atomic E-state index is 12.6. The standard InChI is InChI=1S/C16H20N2O3S.ClH/c17-9-13-7-11(10-21-13)16(20)18-5-1-3-12(18)8-14(19)15-4-2-6-22-15;/h2,4,6-7,10,12,14,19H,1,3,5,8-9,17H2;1H. The van der Waals surface area contributed by atoms with E-state index < -0.39 is 6.10 Å². The summed E-state index contributed by atoms with van der Waals surface area (Å²) in [5.41, 5.74) is 6.05. The largest absolute Gasteiger partial charge is 0.467 e. The first-order chi connectivity index (χ1) is 10.7. The van der Waals surface area contributed by atoms with E-state index in [2.05, 4.69) is 0 Å². The van der Waals surface area contributed by atoms with Crippen molar-refractivity contribution in [2.45, 2.75) is 38.0 Å². The number of nitrogens with two attached hydrogens (primary N) is 1. The maximum atomic E-state index is 12.6. The molecule has 0 radical (unpaired) electrons. The third-order valence-electron chi connectivity index (χ3n) is 4.11. The van der Waals surface area contributed by atoms with Crippen LogP contribution in [0.4, 0.5) is 0 Å². The lowest BCUT2D eigenvalue weighted by atomic mass is 10.1. The molecule has 1 saturated heterocycles. The number of aliphatic hydroxyl groups excluding tert-OH is 1. The van der Waals surface area contributed by atoms with Crippen LogP contribution in [-0.4, -0.2) is 28.5 Å². The lowest BCUT2D eigenvalue weighted by Crippen LogP contribution is -2.36. The van der Waals surface area contributed by atoms with Crippen molar-refractivity contribution in [1.29, 1.82) is 0 Å². The molecule has 23 heavy (non-hydrogen) atoms. The highest BCUT2D eigenvalue weighted by atomic mass is 35.5. The molecule has 3 N–H and O–H groups in total. The van der Waals surface area contributed by atoms with Gasteiger partial charge in [0.1, 0.15) is 12.0 Å². The molecule has 1 aliphatic rings. The van der Waals surface area contributed by atoms with Gasteiger partial charge in [0.05, 0.1) is 18.2 Å². The third kappa shape index (κ3) is 3.95. The fourth-order valence-corrected chi connectivity index (χ4v) is 3.69. The van der Waals surface area contributed by atoms with Gasteiger partial charge in [0, 0.05) is 17.5 Å². The molecule has 1 amide bonds. The Bertz CT molecular complexity index is 629. The summed E-state index contributed by atoms with van der Waals surface area (Å²) in [5.74, 6) is 0.571. The van der Waals surface area contributed by atoms with Gasteiger partial charge in [-0.2, -0.15) is 0 Å². The summed E-state index contributed by atoms with van der Waals surface area (Å²) in [5, 5.41) is 12.3. The van der Waals surface area contributed by atoms with Crippen LogP contribution in [0.15, 0.2) is 34.3 Å². The van der Waals surface area contributed by atoms with Crippen LogP contribution in [0.2, 0.25) is 0 Å². The highest BCUT2D eigenvalue weighted by Gasteiger charge is 2.32. The minimum atomic E-state index is -0.512. The summed E-state index contributed by atoms with van der Waals surface area (Å²) in [6, 6.07) is 5.63. The van der Waals surface area contributed by atoms with Crippen LogP contribution in [0.3, 0.4) is 0 Å². The van der Waals surface area contributed by atoms with Crippen LogP contribution in [0.5, 0.6) is 0 Å². The molecule has 2 unspecified atom stereocenters. The summed E-state index contributed by atoms with van der Waals surface area (Å²) in [7, 11) is 0. The summed E-state index contributed by atoms with van der Waals surface area (Å²) in [4.78, 5) is 15.4. The molecule has 3 heterocycles. The maximum Gasteiger partial charge on any atom is 0.257 e. The molecule has 3 rings (SSSR count). The fourth-order valence-electron chi connectivity index (χ4n) is 2.97. The Morgan fingerprint density at radius 2 is 2.39 bits per heavy atom. The third-order valence-corrected chi connectivity index (χ3v) is 5.08. The van der Waals surface area contributed by atoms with E-state index in [0.29, 0.717) is 17.7 Å². The average Bonchev–Trinajstić information content (AvgIpc) is 3.26. The molecule has 1 fully saturated rings. The highest BCUT2D eigenvalue weighted by Crippen LogP contribution is 2.30. The van der Waals surface area contributed by atoms with Gasteiger partial charge in [0.2, 0.25) is 0 Å². The molecular formula is C16H21ClN2O3S. The van der Waals surface area contributed by atoms with Crippen LogP contribution in [0.1, 0.15) is 46.4 Å². The number of carbonyl (C=O) groups excluding carboxylic acids is 1. The molecule has 0 aliphatic carbocycles. The van der Waals surface area contributed by atoms with Crippen molar-refractivity contribution in [3.63, 3.8) is 0 Å². The van der Waals surface area contributed by atoms with Crippen molar-refractivity contribution in [3.8, 4) is 0 Å². The Kier molecular flexibility index (Phi) is 6.24. The molecule has 5 nitrogen and oxygen atoms in total. The van der Waals surface area contributed by atoms with Crippen LogP contribution in [0.25, 0.3) is 0 Å². The fraction of sp³-hybridized carbons (Fsp3) is 0.438. The molecule has 126 valence electrons. The van der Waals surface area contributed by atoms with Gasteiger partial charge in [-0.05, 0) is 36.8 Å². The van der Waals surface area contributed by atoms with Gasteiger partial charge in [0.25, 0.3) is 5.91 Å². The van der Waals surface area contributed by atoms with Gasteiger partial charge in [-0.3, -0.25) is 4.79 Å². The summed E-state index contributed by atoms with van der Waals surface area (Å²) in [6.45, 7) is 1.01. The first-order valence-corrected chi connectivity index (χ1v) is 8.37. The smallest absolute Gasteiger partial charge is 0.257 e. The monoisotopic (exact) mass is 356 g/mol. The number of carbonyl (C=O) groups is 1. The zero-order valence-corrected chi connectivity index (χ0v) is 14.3. The Labute approximate surface area is 145 Å². The van der Waals surface area contributed by atoms with E-state index in [4.69, 9.17) is 10.2 Å². The van der Waals surface area contributed by atoms with E-state index in [-0.39, 0.29) is 30.9 Å². The summed E-state index contributed by atoms with van der Waals surface area (Å²) in [6.07, 6.45) is 3.43. The molecule has 0 saturated carbocycles. The van der Waals surface area contributed by atoms with Gasteiger partial charge in [-0.1, -0.05) is 6.07 Å². The van der Waals surface area contributed by atoms with Gasteiger partial charge in [0.15, 0.2) is 0 Å². The number of hydrogen-bond donors (Lipinski definition) is 2. The lowest BCUT2D eigenvalue weighted by Gasteiger charge is -2.26. The second-order valence-corrected chi connectivity index (χ2v) is 6.55. The first-order valence-electron chi connectivity index (χ1n) is 7.49. The van der Waals surface area contributed by atoms with Crippen molar-refractivity contribution in [2.24, 2.45) is 5.73 Å². The number of nitrogens with zero attached hydrogens (tertiary/aromatic N) is 1. The Hall–Kier alpha value is -1.34. The van der Waals surface area contributed by atoms with Crippen LogP contribution < -0.4 is 5.73 Å². The molecule has 0 spiro atoms. The van der Waals surface area contributed by atoms with Gasteiger partial charge in [-0.25, -0.2) is 0 Å². The van der Waals surface area contributed by atoms with Crippen LogP contribution in [-0.2, 0) is 6.54 Å². The Morgan fingerprint density at radius 3 is 3.04 bits per heavy atom. The molecule has 2 aromatic rings. The van der Waals surface area contributed by atoms with Crippen molar-refractivity contribution in [1.82, 2.24) is 4.90 Å². The number of hydrogen-bond acceptors (Lipinski definition) is 5. The number of rotatable bonds is 5. The second-order valence-electron chi connectivity index (χ2n) is 5.57. The number of furan rings is 1. The van der Waals surface area contributed by atoms with E-state index in [0.717, 1.165) is 24.3 Å². The predicted octanol–water partition coefficient (Wildman–Crippen LogP) is 2.95. The Balaban J connectivity index is 0.00000192. The van der Waals surface area contributed by atoms with E-state index in [9.17, 15) is 9.90 Å². The topological polar surface area (TPSA) is 79.7 Å². The minimum absolute atomic E-state index is 0. The molecule has 7 heteroatoms. The zero-order chi connectivity index (χ0) is 15.5. The molecule has 0 bridgehead atoms. The Morgan fingerprint density at radius 1 is 1.57 bits per heavy atom. The predicted molar refractivity (Wildman–Crippen MR) is 91.8 cm³/mol. The summed E-state index contributed by atoms with van der Waals surface area (Å²) >= 11 is 1.54. The van der Waals surface area contributed by atoms with E-state index in [1.54, 1.807) is 17.4 Å². The van der Waals surface area contributed by atoms with Gasteiger partial charge < -0.3 is 20.2 Å². The number of amides is 1. The minimum Gasteiger partial charge on any atom is -0.467 e. The number of aliphatic hydroxyl groups is 1. The van der Waals surface area contributed by atoms with E-state index >= 15 is 0 Å². The summed E-state index contributed by atoms with van der Waals surface area (Å²) < 4.78 is 5.25.